The molecule has 2 rings (SSSR count). The predicted octanol–water partition coefficient (Wildman–Crippen LogP) is 3.15. The molecule has 0 fully saturated rings. The smallest absolute Gasteiger partial charge is 0.150 e. The summed E-state index contributed by atoms with van der Waals surface area (Å²) in [6.07, 6.45) is 0.681. The number of aromatic nitrogens is 2. The molecule has 1 aromatic carbocycles. The summed E-state index contributed by atoms with van der Waals surface area (Å²) in [5, 5.41) is 15.7. The second-order valence-corrected chi connectivity index (χ2v) is 4.86. The van der Waals surface area contributed by atoms with Gasteiger partial charge in [0.2, 0.25) is 0 Å². The van der Waals surface area contributed by atoms with Crippen molar-refractivity contribution in [2.75, 3.05) is 11.9 Å². The minimum atomic E-state index is -0.752. The summed E-state index contributed by atoms with van der Waals surface area (Å²) in [5.74, 6) is -1.50. The molecule has 0 amide bonds. The van der Waals surface area contributed by atoms with Gasteiger partial charge in [0, 0.05) is 18.8 Å². The lowest BCUT2D eigenvalue weighted by molar-refractivity contribution is 0.564. The first kappa shape index (κ1) is 15.0. The highest BCUT2D eigenvalue weighted by Crippen LogP contribution is 2.20. The van der Waals surface area contributed by atoms with E-state index >= 15 is 0 Å². The third kappa shape index (κ3) is 3.57. The van der Waals surface area contributed by atoms with Crippen molar-refractivity contribution in [1.29, 1.82) is 5.26 Å². The van der Waals surface area contributed by atoms with Crippen LogP contribution in [0.3, 0.4) is 0 Å². The van der Waals surface area contributed by atoms with Gasteiger partial charge in [-0.15, -0.1) is 0 Å². The lowest BCUT2D eigenvalue weighted by Crippen LogP contribution is -2.11. The maximum atomic E-state index is 13.6. The van der Waals surface area contributed by atoms with E-state index < -0.39 is 11.6 Å². The topological polar surface area (TPSA) is 53.6 Å². The van der Waals surface area contributed by atoms with Gasteiger partial charge in [0.1, 0.15) is 5.69 Å². The summed E-state index contributed by atoms with van der Waals surface area (Å²) in [7, 11) is 0. The summed E-state index contributed by atoms with van der Waals surface area (Å²) < 4.78 is 29.2. The van der Waals surface area contributed by atoms with Crippen molar-refractivity contribution in [3.63, 3.8) is 0 Å². The van der Waals surface area contributed by atoms with Crippen LogP contribution in [0.4, 0.5) is 14.5 Å². The van der Waals surface area contributed by atoms with Crippen LogP contribution in [0, 0.1) is 36.8 Å². The van der Waals surface area contributed by atoms with E-state index in [1.807, 2.05) is 24.6 Å². The van der Waals surface area contributed by atoms with Crippen molar-refractivity contribution in [2.45, 2.75) is 26.8 Å². The molecule has 2 aromatic rings. The van der Waals surface area contributed by atoms with E-state index in [9.17, 15) is 8.78 Å². The molecule has 0 unspecified atom stereocenters. The summed E-state index contributed by atoms with van der Waals surface area (Å²) in [6.45, 7) is 4.97. The SMILES string of the molecule is Cc1cc(C)n(CCCNc2c(F)cc(C#N)cc2F)n1. The van der Waals surface area contributed by atoms with Gasteiger partial charge in [0.15, 0.2) is 11.6 Å². The molecular formula is C15H16F2N4. The van der Waals surface area contributed by atoms with Gasteiger partial charge in [-0.05, 0) is 38.5 Å². The first-order valence-corrected chi connectivity index (χ1v) is 6.65. The van der Waals surface area contributed by atoms with E-state index in [1.165, 1.54) is 0 Å². The molecule has 0 saturated carbocycles. The molecule has 110 valence electrons. The zero-order chi connectivity index (χ0) is 15.4. The largest absolute Gasteiger partial charge is 0.380 e. The highest BCUT2D eigenvalue weighted by molar-refractivity contribution is 5.50. The zero-order valence-corrected chi connectivity index (χ0v) is 12.0. The number of nitrogens with zero attached hydrogens (tertiary/aromatic N) is 3. The van der Waals surface area contributed by atoms with E-state index in [0.717, 1.165) is 23.5 Å². The van der Waals surface area contributed by atoms with Crippen LogP contribution < -0.4 is 5.32 Å². The Morgan fingerprint density at radius 2 is 1.90 bits per heavy atom. The van der Waals surface area contributed by atoms with E-state index in [4.69, 9.17) is 5.26 Å². The van der Waals surface area contributed by atoms with Crippen molar-refractivity contribution >= 4 is 5.69 Å². The number of rotatable bonds is 5. The maximum absolute atomic E-state index is 13.6. The Bertz CT molecular complexity index is 662. The summed E-state index contributed by atoms with van der Waals surface area (Å²) in [6, 6.07) is 5.73. The molecule has 0 spiro atoms. The quantitative estimate of drug-likeness (QED) is 0.861. The molecule has 0 aliphatic rings. The van der Waals surface area contributed by atoms with E-state index in [-0.39, 0.29) is 11.3 Å². The standard InChI is InChI=1S/C15H16F2N4/c1-10-6-11(2)21(20-10)5-3-4-19-15-13(16)7-12(9-18)8-14(15)17/h6-8,19H,3-5H2,1-2H3. The Kier molecular flexibility index (Phi) is 4.53. The molecule has 4 nitrogen and oxygen atoms in total. The van der Waals surface area contributed by atoms with Crippen LogP contribution in [0.25, 0.3) is 0 Å². The molecule has 21 heavy (non-hydrogen) atoms. The number of hydrogen-bond acceptors (Lipinski definition) is 3. The average molecular weight is 290 g/mol. The minimum Gasteiger partial charge on any atom is -0.380 e. The normalized spacial score (nSPS) is 10.4. The van der Waals surface area contributed by atoms with Crippen LogP contribution in [0.1, 0.15) is 23.4 Å². The molecule has 0 saturated heterocycles. The summed E-state index contributed by atoms with van der Waals surface area (Å²) in [4.78, 5) is 0. The Hall–Kier alpha value is -2.42. The van der Waals surface area contributed by atoms with Crippen LogP contribution in [0.2, 0.25) is 0 Å². The van der Waals surface area contributed by atoms with Crippen LogP contribution in [0.15, 0.2) is 18.2 Å². The van der Waals surface area contributed by atoms with E-state index in [0.29, 0.717) is 19.5 Å². The van der Waals surface area contributed by atoms with Crippen molar-refractivity contribution in [3.8, 4) is 6.07 Å². The van der Waals surface area contributed by atoms with Crippen LogP contribution in [0.5, 0.6) is 0 Å². The Morgan fingerprint density at radius 1 is 1.24 bits per heavy atom. The second kappa shape index (κ2) is 6.35. The molecule has 1 N–H and O–H groups in total. The number of hydrogen-bond donors (Lipinski definition) is 1. The minimum absolute atomic E-state index is 0.0295. The van der Waals surface area contributed by atoms with Crippen molar-refractivity contribution in [1.82, 2.24) is 9.78 Å². The average Bonchev–Trinajstić information content (AvgIpc) is 2.75. The van der Waals surface area contributed by atoms with Crippen LogP contribution in [-0.4, -0.2) is 16.3 Å². The van der Waals surface area contributed by atoms with Gasteiger partial charge in [-0.3, -0.25) is 4.68 Å². The summed E-state index contributed by atoms with van der Waals surface area (Å²) >= 11 is 0. The van der Waals surface area contributed by atoms with Crippen molar-refractivity contribution in [3.05, 3.63) is 46.8 Å². The lowest BCUT2D eigenvalue weighted by Gasteiger charge is -2.09. The monoisotopic (exact) mass is 290 g/mol. The molecule has 0 radical (unpaired) electrons. The highest BCUT2D eigenvalue weighted by atomic mass is 19.1. The second-order valence-electron chi connectivity index (χ2n) is 4.86. The number of anilines is 1. The molecule has 1 aromatic heterocycles. The Morgan fingerprint density at radius 3 is 2.43 bits per heavy atom. The fourth-order valence-electron chi connectivity index (χ4n) is 2.15. The molecule has 0 aliphatic carbocycles. The molecule has 6 heteroatoms. The van der Waals surface area contributed by atoms with Gasteiger partial charge < -0.3 is 5.32 Å². The molecule has 1 heterocycles. The molecule has 0 bridgehead atoms. The summed E-state index contributed by atoms with van der Waals surface area (Å²) in [5.41, 5.74) is 1.79. The Balaban J connectivity index is 1.92. The molecule has 0 aliphatic heterocycles. The van der Waals surface area contributed by atoms with Gasteiger partial charge in [-0.1, -0.05) is 0 Å². The Labute approximate surface area is 122 Å². The van der Waals surface area contributed by atoms with Gasteiger partial charge in [-0.25, -0.2) is 8.78 Å². The van der Waals surface area contributed by atoms with Crippen molar-refractivity contribution < 1.29 is 8.78 Å². The maximum Gasteiger partial charge on any atom is 0.150 e. The lowest BCUT2D eigenvalue weighted by atomic mass is 10.2. The molecular weight excluding hydrogens is 274 g/mol. The zero-order valence-electron chi connectivity index (χ0n) is 12.0. The number of nitrogens with one attached hydrogen (secondary N) is 1. The van der Waals surface area contributed by atoms with Crippen LogP contribution in [-0.2, 0) is 6.54 Å². The number of halogens is 2. The first-order chi connectivity index (χ1) is 10.0. The van der Waals surface area contributed by atoms with Gasteiger partial charge in [0.05, 0.1) is 17.3 Å². The highest BCUT2D eigenvalue weighted by Gasteiger charge is 2.10. The third-order valence-corrected chi connectivity index (χ3v) is 3.12. The fraction of sp³-hybridized carbons (Fsp3) is 0.333. The first-order valence-electron chi connectivity index (χ1n) is 6.65. The fourth-order valence-corrected chi connectivity index (χ4v) is 2.15. The van der Waals surface area contributed by atoms with E-state index in [2.05, 4.69) is 10.4 Å². The number of aryl methyl sites for hydroxylation is 3. The van der Waals surface area contributed by atoms with E-state index in [1.54, 1.807) is 6.07 Å². The predicted molar refractivity (Wildman–Crippen MR) is 75.9 cm³/mol. The molecule has 0 atom stereocenters. The van der Waals surface area contributed by atoms with Gasteiger partial charge in [0.25, 0.3) is 0 Å². The third-order valence-electron chi connectivity index (χ3n) is 3.12. The van der Waals surface area contributed by atoms with Crippen LogP contribution >= 0.6 is 0 Å². The van der Waals surface area contributed by atoms with Gasteiger partial charge >= 0.3 is 0 Å². The van der Waals surface area contributed by atoms with Gasteiger partial charge in [-0.2, -0.15) is 10.4 Å². The number of nitriles is 1. The van der Waals surface area contributed by atoms with Crippen molar-refractivity contribution in [2.24, 2.45) is 0 Å². The number of benzene rings is 1.